The Hall–Kier alpha value is -2.17. The summed E-state index contributed by atoms with van der Waals surface area (Å²) in [6.45, 7) is 1.88. The quantitative estimate of drug-likeness (QED) is 0.586. The molecular formula is C10H8N4O. The molecule has 5 nitrogen and oxygen atoms in total. The molecule has 0 bridgehead atoms. The molecule has 0 aliphatic carbocycles. The highest BCUT2D eigenvalue weighted by Gasteiger charge is 2.06. The molecule has 5 heteroatoms. The third-order valence-corrected chi connectivity index (χ3v) is 2.30. The van der Waals surface area contributed by atoms with Crippen molar-refractivity contribution in [1.29, 1.82) is 0 Å². The maximum atomic E-state index is 11.6. The topological polar surface area (TPSA) is 63.0 Å². The molecule has 0 saturated carbocycles. The van der Waals surface area contributed by atoms with E-state index in [0.29, 0.717) is 11.2 Å². The van der Waals surface area contributed by atoms with Crippen LogP contribution < -0.4 is 5.56 Å². The Morgan fingerprint density at radius 3 is 3.20 bits per heavy atom. The summed E-state index contributed by atoms with van der Waals surface area (Å²) in [5.74, 6) is 0. The zero-order valence-electron chi connectivity index (χ0n) is 8.06. The summed E-state index contributed by atoms with van der Waals surface area (Å²) in [5.41, 5.74) is 2.51. The maximum Gasteiger partial charge on any atom is 0.277 e. The maximum absolute atomic E-state index is 11.6. The van der Waals surface area contributed by atoms with Crippen LogP contribution in [0.4, 0.5) is 0 Å². The van der Waals surface area contributed by atoms with E-state index >= 15 is 0 Å². The van der Waals surface area contributed by atoms with Gasteiger partial charge in [-0.3, -0.25) is 4.79 Å². The van der Waals surface area contributed by atoms with Crippen LogP contribution >= 0.6 is 0 Å². The highest BCUT2D eigenvalue weighted by molar-refractivity contribution is 5.75. The first-order valence-electron chi connectivity index (χ1n) is 4.59. The zero-order chi connectivity index (χ0) is 10.4. The van der Waals surface area contributed by atoms with E-state index in [4.69, 9.17) is 0 Å². The Balaban J connectivity index is 2.69. The molecule has 0 spiro atoms. The molecule has 0 atom stereocenters. The van der Waals surface area contributed by atoms with E-state index in [1.165, 1.54) is 0 Å². The summed E-state index contributed by atoms with van der Waals surface area (Å²) in [6, 6.07) is 5.45. The number of hydrogen-bond acceptors (Lipinski definition) is 3. The summed E-state index contributed by atoms with van der Waals surface area (Å²) in [6.07, 6.45) is 1.60. The number of fused-ring (bicyclic) bond motifs is 3. The van der Waals surface area contributed by atoms with E-state index < -0.39 is 0 Å². The van der Waals surface area contributed by atoms with Crippen molar-refractivity contribution in [3.8, 4) is 0 Å². The van der Waals surface area contributed by atoms with E-state index in [-0.39, 0.29) is 5.56 Å². The lowest BCUT2D eigenvalue weighted by Crippen LogP contribution is -2.11. The van der Waals surface area contributed by atoms with E-state index in [1.54, 1.807) is 16.8 Å². The van der Waals surface area contributed by atoms with Crippen molar-refractivity contribution in [2.24, 2.45) is 0 Å². The van der Waals surface area contributed by atoms with Gasteiger partial charge in [-0.15, -0.1) is 0 Å². The molecular weight excluding hydrogens is 192 g/mol. The van der Waals surface area contributed by atoms with Gasteiger partial charge in [-0.1, -0.05) is 0 Å². The van der Waals surface area contributed by atoms with Crippen molar-refractivity contribution in [1.82, 2.24) is 19.6 Å². The Morgan fingerprint density at radius 1 is 1.47 bits per heavy atom. The average Bonchev–Trinajstić information content (AvgIpc) is 2.59. The molecule has 74 valence electrons. The molecule has 0 fully saturated rings. The zero-order valence-corrected chi connectivity index (χ0v) is 8.06. The van der Waals surface area contributed by atoms with Crippen molar-refractivity contribution < 1.29 is 0 Å². The molecule has 3 aromatic heterocycles. The van der Waals surface area contributed by atoms with Gasteiger partial charge >= 0.3 is 0 Å². The first-order chi connectivity index (χ1) is 7.25. The summed E-state index contributed by atoms with van der Waals surface area (Å²) >= 11 is 0. The largest absolute Gasteiger partial charge is 0.305 e. The van der Waals surface area contributed by atoms with Crippen LogP contribution in [-0.4, -0.2) is 19.6 Å². The van der Waals surface area contributed by atoms with Crippen molar-refractivity contribution in [2.45, 2.75) is 6.92 Å². The number of aromatic amines is 1. The first kappa shape index (κ1) is 8.16. The monoisotopic (exact) mass is 200 g/mol. The van der Waals surface area contributed by atoms with Crippen LogP contribution in [0.5, 0.6) is 0 Å². The van der Waals surface area contributed by atoms with Crippen LogP contribution in [0.1, 0.15) is 5.69 Å². The van der Waals surface area contributed by atoms with Gasteiger partial charge in [0.25, 0.3) is 5.56 Å². The minimum atomic E-state index is -0.182. The van der Waals surface area contributed by atoms with Crippen LogP contribution in [0.25, 0.3) is 16.7 Å². The van der Waals surface area contributed by atoms with E-state index in [0.717, 1.165) is 11.2 Å². The van der Waals surface area contributed by atoms with Crippen LogP contribution in [0.3, 0.4) is 0 Å². The van der Waals surface area contributed by atoms with E-state index in [1.807, 2.05) is 19.1 Å². The van der Waals surface area contributed by atoms with Gasteiger partial charge < -0.3 is 4.98 Å². The minimum absolute atomic E-state index is 0.182. The molecule has 15 heavy (non-hydrogen) atoms. The number of aryl methyl sites for hydroxylation is 1. The highest BCUT2D eigenvalue weighted by Crippen LogP contribution is 2.09. The molecule has 0 aromatic carbocycles. The fourth-order valence-corrected chi connectivity index (χ4v) is 1.69. The molecule has 0 aliphatic heterocycles. The van der Waals surface area contributed by atoms with Gasteiger partial charge in [0.15, 0.2) is 5.52 Å². The molecule has 3 aromatic rings. The standard InChI is InChI=1S/C10H8N4O/c1-6-5-8-12-10(15)9-7(14(8)13-6)3-2-4-11-9/h2-5H,1H3,(H,12,15). The fraction of sp³-hybridized carbons (Fsp3) is 0.100. The van der Waals surface area contributed by atoms with Gasteiger partial charge in [-0.05, 0) is 19.1 Å². The molecule has 0 unspecified atom stereocenters. The van der Waals surface area contributed by atoms with Crippen molar-refractivity contribution in [2.75, 3.05) is 0 Å². The number of nitrogens with zero attached hydrogens (tertiary/aromatic N) is 3. The predicted octanol–water partition coefficient (Wildman–Crippen LogP) is 0.879. The molecule has 0 amide bonds. The van der Waals surface area contributed by atoms with E-state index in [2.05, 4.69) is 15.1 Å². The normalized spacial score (nSPS) is 11.3. The van der Waals surface area contributed by atoms with Gasteiger partial charge in [0.1, 0.15) is 5.65 Å². The number of hydrogen-bond donors (Lipinski definition) is 1. The lowest BCUT2D eigenvalue weighted by Gasteiger charge is -1.98. The SMILES string of the molecule is Cc1cc2[nH]c(=O)c3ncccc3n2n1. The van der Waals surface area contributed by atoms with Crippen LogP contribution in [0.2, 0.25) is 0 Å². The number of nitrogens with one attached hydrogen (secondary N) is 1. The highest BCUT2D eigenvalue weighted by atomic mass is 16.1. The van der Waals surface area contributed by atoms with Crippen LogP contribution in [-0.2, 0) is 0 Å². The Bertz CT molecular complexity index is 710. The summed E-state index contributed by atoms with van der Waals surface area (Å²) in [4.78, 5) is 18.4. The second-order valence-corrected chi connectivity index (χ2v) is 3.41. The Kier molecular flexibility index (Phi) is 1.45. The summed E-state index contributed by atoms with van der Waals surface area (Å²) in [5, 5.41) is 4.29. The van der Waals surface area contributed by atoms with Crippen molar-refractivity contribution in [3.05, 3.63) is 40.4 Å². The van der Waals surface area contributed by atoms with Crippen LogP contribution in [0, 0.1) is 6.92 Å². The second-order valence-electron chi connectivity index (χ2n) is 3.41. The second kappa shape index (κ2) is 2.66. The molecule has 1 N–H and O–H groups in total. The van der Waals surface area contributed by atoms with E-state index in [9.17, 15) is 4.79 Å². The minimum Gasteiger partial charge on any atom is -0.305 e. The van der Waals surface area contributed by atoms with Crippen molar-refractivity contribution in [3.63, 3.8) is 0 Å². The predicted molar refractivity (Wildman–Crippen MR) is 55.9 cm³/mol. The Labute approximate surface area is 84.4 Å². The third kappa shape index (κ3) is 1.06. The molecule has 3 heterocycles. The van der Waals surface area contributed by atoms with Crippen LogP contribution in [0.15, 0.2) is 29.2 Å². The fourth-order valence-electron chi connectivity index (χ4n) is 1.69. The first-order valence-corrected chi connectivity index (χ1v) is 4.59. The molecule has 3 rings (SSSR count). The number of pyridine rings is 1. The average molecular weight is 200 g/mol. The third-order valence-electron chi connectivity index (χ3n) is 2.30. The van der Waals surface area contributed by atoms with Gasteiger partial charge in [0.05, 0.1) is 11.2 Å². The van der Waals surface area contributed by atoms with Gasteiger partial charge in [0.2, 0.25) is 0 Å². The molecule has 0 aliphatic rings. The van der Waals surface area contributed by atoms with Gasteiger partial charge in [-0.25, -0.2) is 9.50 Å². The number of H-pyrrole nitrogens is 1. The van der Waals surface area contributed by atoms with Gasteiger partial charge in [0, 0.05) is 12.3 Å². The molecule has 0 saturated heterocycles. The lowest BCUT2D eigenvalue weighted by atomic mass is 10.3. The summed E-state index contributed by atoms with van der Waals surface area (Å²) < 4.78 is 1.69. The van der Waals surface area contributed by atoms with Crippen molar-refractivity contribution >= 4 is 16.7 Å². The molecule has 0 radical (unpaired) electrons. The lowest BCUT2D eigenvalue weighted by molar-refractivity contribution is 0.947. The Morgan fingerprint density at radius 2 is 2.33 bits per heavy atom. The number of rotatable bonds is 0. The smallest absolute Gasteiger partial charge is 0.277 e. The number of aromatic nitrogens is 4. The summed E-state index contributed by atoms with van der Waals surface area (Å²) in [7, 11) is 0. The van der Waals surface area contributed by atoms with Gasteiger partial charge in [-0.2, -0.15) is 5.10 Å².